The minimum Gasteiger partial charge on any atom is -0.379 e. The fraction of sp³-hybridized carbons (Fsp3) is 0.900. The van der Waals surface area contributed by atoms with E-state index in [0.29, 0.717) is 57.4 Å². The summed E-state index contributed by atoms with van der Waals surface area (Å²) in [5.74, 6) is 1.27. The van der Waals surface area contributed by atoms with Gasteiger partial charge in [-0.15, -0.1) is 5.10 Å². The molecular weight excluding hydrogens is 330 g/mol. The quantitative estimate of drug-likeness (QED) is 0.466. The Morgan fingerprint density at radius 3 is 1.88 bits per heavy atom. The summed E-state index contributed by atoms with van der Waals surface area (Å²) in [6, 6.07) is 0. The van der Waals surface area contributed by atoms with Crippen LogP contribution in [-0.4, -0.2) is 54.6 Å². The van der Waals surface area contributed by atoms with Gasteiger partial charge in [-0.3, -0.25) is 0 Å². The average Bonchev–Trinajstić information content (AvgIpc) is 3.04. The number of hydrogen-bond donors (Lipinski definition) is 0. The Hall–Kier alpha value is -0.980. The van der Waals surface area contributed by atoms with Crippen LogP contribution in [0.5, 0.6) is 0 Å². The van der Waals surface area contributed by atoms with E-state index >= 15 is 0 Å². The van der Waals surface area contributed by atoms with Gasteiger partial charge < -0.3 is 14.2 Å². The fourth-order valence-corrected chi connectivity index (χ4v) is 2.47. The second kappa shape index (κ2) is 11.7. The highest BCUT2D eigenvalue weighted by atomic mass is 16.5. The minimum absolute atomic E-state index is 0.325. The first-order valence-electron chi connectivity index (χ1n) is 9.96. The summed E-state index contributed by atoms with van der Waals surface area (Å²) < 4.78 is 19.9. The predicted molar refractivity (Wildman–Crippen MR) is 105 cm³/mol. The molecule has 1 aromatic heterocycles. The van der Waals surface area contributed by atoms with E-state index in [4.69, 9.17) is 14.2 Å². The molecule has 6 heteroatoms. The largest absolute Gasteiger partial charge is 0.379 e. The molecule has 0 unspecified atom stereocenters. The molecule has 0 bridgehead atoms. The summed E-state index contributed by atoms with van der Waals surface area (Å²) >= 11 is 0. The van der Waals surface area contributed by atoms with E-state index < -0.39 is 5.54 Å². The topological polar surface area (TPSA) is 58.4 Å². The molecule has 0 atom stereocenters. The maximum atomic E-state index is 6.02. The van der Waals surface area contributed by atoms with Crippen molar-refractivity contribution in [3.05, 3.63) is 11.9 Å². The summed E-state index contributed by atoms with van der Waals surface area (Å²) in [7, 11) is 0. The van der Waals surface area contributed by atoms with E-state index in [1.165, 1.54) is 0 Å². The Morgan fingerprint density at radius 1 is 0.923 bits per heavy atom. The van der Waals surface area contributed by atoms with Gasteiger partial charge in [0.15, 0.2) is 0 Å². The van der Waals surface area contributed by atoms with E-state index in [-0.39, 0.29) is 0 Å². The molecule has 1 heterocycles. The maximum absolute atomic E-state index is 6.02. The molecule has 0 aliphatic heterocycles. The minimum atomic E-state index is -0.501. The zero-order chi connectivity index (χ0) is 19.6. The number of rotatable bonds is 14. The zero-order valence-corrected chi connectivity index (χ0v) is 17.8. The van der Waals surface area contributed by atoms with Gasteiger partial charge in [0.2, 0.25) is 0 Å². The van der Waals surface area contributed by atoms with Crippen molar-refractivity contribution >= 4 is 0 Å². The van der Waals surface area contributed by atoms with E-state index in [9.17, 15) is 0 Å². The molecular formula is C20H39N3O3. The lowest BCUT2D eigenvalue weighted by atomic mass is 10.0. The van der Waals surface area contributed by atoms with Crippen LogP contribution in [0.4, 0.5) is 0 Å². The smallest absolute Gasteiger partial charge is 0.134 e. The molecule has 26 heavy (non-hydrogen) atoms. The Bertz CT molecular complexity index is 472. The molecule has 0 fully saturated rings. The molecule has 0 amide bonds. The third-order valence-corrected chi connectivity index (χ3v) is 3.95. The van der Waals surface area contributed by atoms with Crippen LogP contribution in [-0.2, 0) is 19.7 Å². The first-order chi connectivity index (χ1) is 12.3. The second-order valence-electron chi connectivity index (χ2n) is 8.34. The summed E-state index contributed by atoms with van der Waals surface area (Å²) in [4.78, 5) is 0. The van der Waals surface area contributed by atoms with E-state index in [2.05, 4.69) is 58.8 Å². The molecule has 0 N–H and O–H groups in total. The standard InChI is InChI=1S/C20H39N3O3/c1-8-9-24-13-20(14-25-11-16(2)3,15-26-12-17(4)5)23-10-19(18(6)7)21-22-23/h10,16-18H,8-9,11-15H2,1-7H3. The van der Waals surface area contributed by atoms with Crippen molar-refractivity contribution in [1.29, 1.82) is 0 Å². The van der Waals surface area contributed by atoms with Crippen molar-refractivity contribution < 1.29 is 14.2 Å². The normalized spacial score (nSPS) is 12.7. The molecule has 1 rings (SSSR count). The zero-order valence-electron chi connectivity index (χ0n) is 17.8. The molecule has 0 saturated carbocycles. The molecule has 0 spiro atoms. The van der Waals surface area contributed by atoms with Crippen molar-refractivity contribution in [2.75, 3.05) is 39.6 Å². The molecule has 6 nitrogen and oxygen atoms in total. The van der Waals surface area contributed by atoms with Gasteiger partial charge in [-0.05, 0) is 24.2 Å². The molecule has 0 radical (unpaired) electrons. The van der Waals surface area contributed by atoms with Gasteiger partial charge >= 0.3 is 0 Å². The van der Waals surface area contributed by atoms with Crippen molar-refractivity contribution in [3.8, 4) is 0 Å². The van der Waals surface area contributed by atoms with Crippen molar-refractivity contribution in [2.45, 2.75) is 66.3 Å². The first-order valence-corrected chi connectivity index (χ1v) is 9.96. The van der Waals surface area contributed by atoms with Crippen LogP contribution in [0.15, 0.2) is 6.20 Å². The lowest BCUT2D eigenvalue weighted by molar-refractivity contribution is -0.0737. The van der Waals surface area contributed by atoms with Crippen LogP contribution in [0.1, 0.15) is 66.5 Å². The number of hydrogen-bond acceptors (Lipinski definition) is 5. The van der Waals surface area contributed by atoms with Crippen molar-refractivity contribution in [1.82, 2.24) is 15.0 Å². The Morgan fingerprint density at radius 2 is 1.46 bits per heavy atom. The van der Waals surface area contributed by atoms with Gasteiger partial charge in [0.05, 0.1) is 25.5 Å². The summed E-state index contributed by atoms with van der Waals surface area (Å²) in [5, 5.41) is 8.75. The summed E-state index contributed by atoms with van der Waals surface area (Å²) in [5.41, 5.74) is 0.469. The van der Waals surface area contributed by atoms with Crippen LogP contribution in [0.2, 0.25) is 0 Å². The first kappa shape index (κ1) is 23.1. The second-order valence-corrected chi connectivity index (χ2v) is 8.34. The predicted octanol–water partition coefficient (Wildman–Crippen LogP) is 3.87. The number of aromatic nitrogens is 3. The third kappa shape index (κ3) is 7.72. The molecule has 0 saturated heterocycles. The highest BCUT2D eigenvalue weighted by Crippen LogP contribution is 2.22. The molecule has 1 aromatic rings. The van der Waals surface area contributed by atoms with Crippen LogP contribution in [0.3, 0.4) is 0 Å². The summed E-state index contributed by atoms with van der Waals surface area (Å²) in [6.45, 7) is 18.5. The molecule has 0 aliphatic carbocycles. The van der Waals surface area contributed by atoms with Crippen LogP contribution >= 0.6 is 0 Å². The lowest BCUT2D eigenvalue weighted by Crippen LogP contribution is -2.48. The third-order valence-electron chi connectivity index (χ3n) is 3.95. The van der Waals surface area contributed by atoms with Crippen LogP contribution < -0.4 is 0 Å². The maximum Gasteiger partial charge on any atom is 0.134 e. The highest BCUT2D eigenvalue weighted by molar-refractivity contribution is 5.02. The molecule has 0 aliphatic rings. The van der Waals surface area contributed by atoms with E-state index in [1.807, 2.05) is 10.9 Å². The summed E-state index contributed by atoms with van der Waals surface area (Å²) in [6.07, 6.45) is 2.99. The van der Waals surface area contributed by atoms with Gasteiger partial charge in [-0.1, -0.05) is 53.7 Å². The fourth-order valence-electron chi connectivity index (χ4n) is 2.47. The van der Waals surface area contributed by atoms with E-state index in [0.717, 1.165) is 12.1 Å². The van der Waals surface area contributed by atoms with Crippen molar-refractivity contribution in [2.24, 2.45) is 11.8 Å². The number of ether oxygens (including phenoxy) is 3. The van der Waals surface area contributed by atoms with Gasteiger partial charge in [-0.25, -0.2) is 4.68 Å². The Balaban J connectivity index is 3.03. The monoisotopic (exact) mass is 369 g/mol. The van der Waals surface area contributed by atoms with E-state index in [1.54, 1.807) is 0 Å². The average molecular weight is 370 g/mol. The van der Waals surface area contributed by atoms with Gasteiger partial charge in [0, 0.05) is 26.0 Å². The Kier molecular flexibility index (Phi) is 10.4. The van der Waals surface area contributed by atoms with Gasteiger partial charge in [0.25, 0.3) is 0 Å². The highest BCUT2D eigenvalue weighted by Gasteiger charge is 2.36. The Labute approximate surface area is 159 Å². The number of nitrogens with zero attached hydrogens (tertiary/aromatic N) is 3. The van der Waals surface area contributed by atoms with Crippen LogP contribution in [0, 0.1) is 11.8 Å². The molecule has 0 aromatic carbocycles. The van der Waals surface area contributed by atoms with Gasteiger partial charge in [-0.2, -0.15) is 0 Å². The SMILES string of the molecule is CCCOCC(COCC(C)C)(COCC(C)C)n1cc(C(C)C)nn1. The van der Waals surface area contributed by atoms with Crippen LogP contribution in [0.25, 0.3) is 0 Å². The lowest BCUT2D eigenvalue weighted by Gasteiger charge is -2.33. The van der Waals surface area contributed by atoms with Gasteiger partial charge in [0.1, 0.15) is 5.54 Å². The van der Waals surface area contributed by atoms with Crippen molar-refractivity contribution in [3.63, 3.8) is 0 Å². The molecule has 152 valence electrons.